The molecule has 0 fully saturated rings. The molecule has 0 bridgehead atoms. The summed E-state index contributed by atoms with van der Waals surface area (Å²) in [6, 6.07) is 0. The van der Waals surface area contributed by atoms with Gasteiger partial charge in [0.2, 0.25) is 0 Å². The van der Waals surface area contributed by atoms with Crippen molar-refractivity contribution >= 4 is 0 Å². The average Bonchev–Trinajstić information content (AvgIpc) is 1.89. The van der Waals surface area contributed by atoms with Crippen LogP contribution in [-0.2, 0) is 0 Å². The standard InChI is InChI=1S/C7H17N3/c1-4-5-6-7-10(3)9-8-2/h4-7H2,1-3H3. The van der Waals surface area contributed by atoms with E-state index in [9.17, 15) is 0 Å². The van der Waals surface area contributed by atoms with Crippen molar-refractivity contribution in [2.75, 3.05) is 20.6 Å². The molecule has 0 unspecified atom stereocenters. The first-order valence-corrected chi connectivity index (χ1v) is 3.82. The van der Waals surface area contributed by atoms with Crippen LogP contribution in [0.3, 0.4) is 0 Å². The summed E-state index contributed by atoms with van der Waals surface area (Å²) >= 11 is 0. The van der Waals surface area contributed by atoms with Gasteiger partial charge in [0.05, 0.1) is 7.05 Å². The second kappa shape index (κ2) is 6.52. The van der Waals surface area contributed by atoms with Gasteiger partial charge in [0.1, 0.15) is 0 Å². The van der Waals surface area contributed by atoms with Gasteiger partial charge < -0.3 is 0 Å². The van der Waals surface area contributed by atoms with Crippen LogP contribution >= 0.6 is 0 Å². The van der Waals surface area contributed by atoms with E-state index >= 15 is 0 Å². The molecule has 0 amide bonds. The largest absolute Gasteiger partial charge is 0.282 e. The van der Waals surface area contributed by atoms with Crippen LogP contribution in [0.2, 0.25) is 0 Å². The highest BCUT2D eigenvalue weighted by Crippen LogP contribution is 1.96. The number of nitrogens with zero attached hydrogens (tertiary/aromatic N) is 3. The summed E-state index contributed by atoms with van der Waals surface area (Å²) in [6.07, 6.45) is 3.76. The zero-order valence-electron chi connectivity index (χ0n) is 7.17. The first-order chi connectivity index (χ1) is 4.81. The van der Waals surface area contributed by atoms with E-state index in [0.717, 1.165) is 6.54 Å². The van der Waals surface area contributed by atoms with E-state index in [4.69, 9.17) is 0 Å². The molecule has 0 N–H and O–H groups in total. The van der Waals surface area contributed by atoms with Crippen molar-refractivity contribution in [2.45, 2.75) is 26.2 Å². The molecular weight excluding hydrogens is 126 g/mol. The maximum atomic E-state index is 3.85. The van der Waals surface area contributed by atoms with Gasteiger partial charge in [0, 0.05) is 13.6 Å². The lowest BCUT2D eigenvalue weighted by molar-refractivity contribution is 0.320. The molecule has 0 aromatic rings. The molecule has 0 saturated heterocycles. The van der Waals surface area contributed by atoms with Gasteiger partial charge in [-0.05, 0) is 6.42 Å². The van der Waals surface area contributed by atoms with Crippen LogP contribution in [0, 0.1) is 0 Å². The Morgan fingerprint density at radius 1 is 1.30 bits per heavy atom. The van der Waals surface area contributed by atoms with Crippen molar-refractivity contribution in [2.24, 2.45) is 10.3 Å². The molecule has 0 atom stereocenters. The van der Waals surface area contributed by atoms with E-state index in [1.54, 1.807) is 7.05 Å². The summed E-state index contributed by atoms with van der Waals surface area (Å²) < 4.78 is 0. The molecule has 0 aromatic heterocycles. The van der Waals surface area contributed by atoms with E-state index in [1.807, 2.05) is 12.1 Å². The molecule has 60 valence electrons. The normalized spacial score (nSPS) is 10.7. The summed E-state index contributed by atoms with van der Waals surface area (Å²) in [5.74, 6) is 0. The van der Waals surface area contributed by atoms with E-state index in [0.29, 0.717) is 0 Å². The molecule has 0 aliphatic carbocycles. The minimum Gasteiger partial charge on any atom is -0.282 e. The Hall–Kier alpha value is -0.600. The highest BCUT2D eigenvalue weighted by molar-refractivity contribution is 4.42. The van der Waals surface area contributed by atoms with Gasteiger partial charge in [-0.1, -0.05) is 25.0 Å². The van der Waals surface area contributed by atoms with E-state index in [2.05, 4.69) is 17.3 Å². The lowest BCUT2D eigenvalue weighted by Gasteiger charge is -2.09. The first-order valence-electron chi connectivity index (χ1n) is 3.82. The molecule has 0 aliphatic heterocycles. The van der Waals surface area contributed by atoms with E-state index < -0.39 is 0 Å². The third-order valence-corrected chi connectivity index (χ3v) is 1.33. The van der Waals surface area contributed by atoms with E-state index in [1.165, 1.54) is 19.3 Å². The van der Waals surface area contributed by atoms with Crippen molar-refractivity contribution in [3.05, 3.63) is 0 Å². The summed E-state index contributed by atoms with van der Waals surface area (Å²) in [5.41, 5.74) is 0. The van der Waals surface area contributed by atoms with Crippen molar-refractivity contribution in [1.82, 2.24) is 5.01 Å². The van der Waals surface area contributed by atoms with Crippen LogP contribution in [0.1, 0.15) is 26.2 Å². The van der Waals surface area contributed by atoms with Crippen LogP contribution in [0.5, 0.6) is 0 Å². The zero-order valence-corrected chi connectivity index (χ0v) is 7.17. The molecule has 0 rings (SSSR count). The Morgan fingerprint density at radius 2 is 2.00 bits per heavy atom. The fourth-order valence-electron chi connectivity index (χ4n) is 0.788. The Balaban J connectivity index is 3.13. The predicted octanol–water partition coefficient (Wildman–Crippen LogP) is 2.11. The minimum absolute atomic E-state index is 1.02. The first kappa shape index (κ1) is 9.40. The smallest absolute Gasteiger partial charge is 0.0509 e. The molecule has 3 heteroatoms. The second-order valence-electron chi connectivity index (χ2n) is 2.38. The van der Waals surface area contributed by atoms with Gasteiger partial charge in [-0.25, -0.2) is 0 Å². The fourth-order valence-corrected chi connectivity index (χ4v) is 0.788. The van der Waals surface area contributed by atoms with Gasteiger partial charge in [-0.15, -0.1) is 0 Å². The minimum atomic E-state index is 1.02. The average molecular weight is 143 g/mol. The predicted molar refractivity (Wildman–Crippen MR) is 42.9 cm³/mol. The molecule has 10 heavy (non-hydrogen) atoms. The van der Waals surface area contributed by atoms with E-state index in [-0.39, 0.29) is 0 Å². The number of hydrogen-bond donors (Lipinski definition) is 0. The van der Waals surface area contributed by atoms with Crippen LogP contribution < -0.4 is 0 Å². The highest BCUT2D eigenvalue weighted by atomic mass is 15.5. The SMILES string of the molecule is CCCCCN(C)N=NC. The molecule has 0 aliphatic rings. The Morgan fingerprint density at radius 3 is 2.50 bits per heavy atom. The summed E-state index contributed by atoms with van der Waals surface area (Å²) in [6.45, 7) is 3.21. The number of rotatable bonds is 5. The lowest BCUT2D eigenvalue weighted by atomic mass is 10.2. The van der Waals surface area contributed by atoms with Crippen LogP contribution in [0.4, 0.5) is 0 Å². The molecule has 0 radical (unpaired) electrons. The number of unbranched alkanes of at least 4 members (excludes halogenated alkanes) is 2. The quantitative estimate of drug-likeness (QED) is 0.329. The summed E-state index contributed by atoms with van der Waals surface area (Å²) in [7, 11) is 3.64. The van der Waals surface area contributed by atoms with Crippen LogP contribution in [0.15, 0.2) is 10.3 Å². The maximum absolute atomic E-state index is 3.85. The second-order valence-corrected chi connectivity index (χ2v) is 2.38. The number of hydrogen-bond acceptors (Lipinski definition) is 2. The molecule has 3 nitrogen and oxygen atoms in total. The molecule has 0 spiro atoms. The van der Waals surface area contributed by atoms with Crippen molar-refractivity contribution < 1.29 is 0 Å². The van der Waals surface area contributed by atoms with Crippen molar-refractivity contribution in [3.63, 3.8) is 0 Å². The molecule has 0 heterocycles. The van der Waals surface area contributed by atoms with Crippen molar-refractivity contribution in [3.8, 4) is 0 Å². The third-order valence-electron chi connectivity index (χ3n) is 1.33. The molecular formula is C7H17N3. The fraction of sp³-hybridized carbons (Fsp3) is 1.00. The molecule has 0 aromatic carbocycles. The monoisotopic (exact) mass is 143 g/mol. The van der Waals surface area contributed by atoms with Gasteiger partial charge in [0.25, 0.3) is 0 Å². The van der Waals surface area contributed by atoms with Crippen LogP contribution in [-0.4, -0.2) is 25.6 Å². The van der Waals surface area contributed by atoms with Gasteiger partial charge in [-0.2, -0.15) is 5.11 Å². The third kappa shape index (κ3) is 5.54. The van der Waals surface area contributed by atoms with Gasteiger partial charge in [-0.3, -0.25) is 5.01 Å². The van der Waals surface area contributed by atoms with Crippen LogP contribution in [0.25, 0.3) is 0 Å². The lowest BCUT2D eigenvalue weighted by Crippen LogP contribution is -2.11. The van der Waals surface area contributed by atoms with Gasteiger partial charge >= 0.3 is 0 Å². The molecule has 0 saturated carbocycles. The summed E-state index contributed by atoms with van der Waals surface area (Å²) in [4.78, 5) is 0. The maximum Gasteiger partial charge on any atom is 0.0509 e. The van der Waals surface area contributed by atoms with Gasteiger partial charge in [0.15, 0.2) is 0 Å². The zero-order chi connectivity index (χ0) is 7.82. The van der Waals surface area contributed by atoms with Crippen molar-refractivity contribution in [1.29, 1.82) is 0 Å². The summed E-state index contributed by atoms with van der Waals surface area (Å²) in [5, 5.41) is 9.39. The topological polar surface area (TPSA) is 28.0 Å². The Bertz CT molecular complexity index is 90.9. The Labute approximate surface area is 63.1 Å². The highest BCUT2D eigenvalue weighted by Gasteiger charge is 1.90. The Kier molecular flexibility index (Phi) is 6.13.